The third-order valence-electron chi connectivity index (χ3n) is 3.34. The predicted molar refractivity (Wildman–Crippen MR) is 71.2 cm³/mol. The van der Waals surface area contributed by atoms with Gasteiger partial charge in [-0.15, -0.1) is 0 Å². The van der Waals surface area contributed by atoms with Gasteiger partial charge in [0.25, 0.3) is 0 Å². The SMILES string of the molecule is Nc1ccc(N2CCC([n+]3ccsc3)C2)cc1. The van der Waals surface area contributed by atoms with Gasteiger partial charge in [0.1, 0.15) is 0 Å². The average molecular weight is 246 g/mol. The summed E-state index contributed by atoms with van der Waals surface area (Å²) in [6.45, 7) is 2.21. The highest BCUT2D eigenvalue weighted by Crippen LogP contribution is 2.24. The van der Waals surface area contributed by atoms with Crippen LogP contribution in [0.15, 0.2) is 41.4 Å². The molecule has 0 saturated carbocycles. The second-order valence-corrected chi connectivity index (χ2v) is 5.21. The van der Waals surface area contributed by atoms with E-state index in [1.54, 1.807) is 11.3 Å². The van der Waals surface area contributed by atoms with Crippen molar-refractivity contribution >= 4 is 22.7 Å². The van der Waals surface area contributed by atoms with Crippen LogP contribution in [0, 0.1) is 0 Å². The number of aromatic nitrogens is 1. The molecule has 3 nitrogen and oxygen atoms in total. The van der Waals surface area contributed by atoms with Crippen molar-refractivity contribution in [3.8, 4) is 0 Å². The number of anilines is 2. The van der Waals surface area contributed by atoms with E-state index >= 15 is 0 Å². The molecule has 88 valence electrons. The third-order valence-corrected chi connectivity index (χ3v) is 3.98. The first kappa shape index (κ1) is 10.6. The lowest BCUT2D eigenvalue weighted by Gasteiger charge is -2.17. The van der Waals surface area contributed by atoms with Crippen molar-refractivity contribution < 1.29 is 4.57 Å². The van der Waals surface area contributed by atoms with Gasteiger partial charge in [-0.1, -0.05) is 11.3 Å². The Kier molecular flexibility index (Phi) is 2.73. The molecule has 4 heteroatoms. The maximum atomic E-state index is 5.71. The highest BCUT2D eigenvalue weighted by molar-refractivity contribution is 7.07. The molecule has 3 rings (SSSR count). The standard InChI is InChI=1S/C13H16N3S/c14-11-1-3-12(4-2-11)15-6-5-13(9-15)16-7-8-17-10-16/h1-4,7-8,10,13H,5-6,9,14H2/q+1. The lowest BCUT2D eigenvalue weighted by molar-refractivity contribution is -0.714. The molecule has 1 aliphatic heterocycles. The molecule has 2 aromatic rings. The smallest absolute Gasteiger partial charge is 0.224 e. The molecular formula is C13H16N3S+. The highest BCUT2D eigenvalue weighted by Gasteiger charge is 2.29. The van der Waals surface area contributed by atoms with Gasteiger partial charge in [-0.25, -0.2) is 0 Å². The zero-order chi connectivity index (χ0) is 11.7. The Balaban J connectivity index is 1.74. The van der Waals surface area contributed by atoms with Crippen LogP contribution in [0.4, 0.5) is 11.4 Å². The largest absolute Gasteiger partial charge is 0.399 e. The van der Waals surface area contributed by atoms with Crippen LogP contribution in [-0.4, -0.2) is 13.1 Å². The van der Waals surface area contributed by atoms with Crippen LogP contribution in [-0.2, 0) is 0 Å². The number of rotatable bonds is 2. The molecule has 0 radical (unpaired) electrons. The van der Waals surface area contributed by atoms with Gasteiger partial charge in [0, 0.05) is 24.3 Å². The fourth-order valence-electron chi connectivity index (χ4n) is 2.36. The molecule has 0 bridgehead atoms. The van der Waals surface area contributed by atoms with E-state index in [0.717, 1.165) is 18.8 Å². The molecule has 1 aliphatic rings. The highest BCUT2D eigenvalue weighted by atomic mass is 32.1. The summed E-state index contributed by atoms with van der Waals surface area (Å²) in [5, 5.41) is 2.13. The molecule has 2 N–H and O–H groups in total. The minimum Gasteiger partial charge on any atom is -0.399 e. The number of nitrogens with zero attached hydrogens (tertiary/aromatic N) is 2. The average Bonchev–Trinajstić information content (AvgIpc) is 3.00. The predicted octanol–water partition coefficient (Wildman–Crippen LogP) is 2.07. The minimum atomic E-state index is 0.610. The number of nitrogen functional groups attached to an aromatic ring is 1. The number of benzene rings is 1. The number of hydrogen-bond donors (Lipinski definition) is 1. The van der Waals surface area contributed by atoms with Crippen molar-refractivity contribution in [2.45, 2.75) is 12.5 Å². The second kappa shape index (κ2) is 4.37. The summed E-state index contributed by atoms with van der Waals surface area (Å²) in [4.78, 5) is 2.43. The van der Waals surface area contributed by atoms with Gasteiger partial charge in [-0.2, -0.15) is 4.57 Å². The van der Waals surface area contributed by atoms with Crippen molar-refractivity contribution in [1.29, 1.82) is 0 Å². The number of nitrogens with two attached hydrogens (primary N) is 1. The molecule has 0 amide bonds. The van der Waals surface area contributed by atoms with Gasteiger partial charge < -0.3 is 10.6 Å². The lowest BCUT2D eigenvalue weighted by atomic mass is 10.2. The van der Waals surface area contributed by atoms with Crippen molar-refractivity contribution in [2.75, 3.05) is 23.7 Å². The lowest BCUT2D eigenvalue weighted by Crippen LogP contribution is -2.38. The summed E-state index contributed by atoms with van der Waals surface area (Å²) in [6.07, 6.45) is 3.38. The van der Waals surface area contributed by atoms with Gasteiger partial charge >= 0.3 is 0 Å². The summed E-state index contributed by atoms with van der Waals surface area (Å²) >= 11 is 1.75. The van der Waals surface area contributed by atoms with E-state index in [1.165, 1.54) is 12.1 Å². The van der Waals surface area contributed by atoms with Crippen LogP contribution in [0.3, 0.4) is 0 Å². The molecule has 1 unspecified atom stereocenters. The van der Waals surface area contributed by atoms with Gasteiger partial charge in [-0.05, 0) is 24.3 Å². The van der Waals surface area contributed by atoms with Crippen molar-refractivity contribution in [1.82, 2.24) is 0 Å². The summed E-state index contributed by atoms with van der Waals surface area (Å²) < 4.78 is 2.32. The Bertz CT molecular complexity index is 478. The molecule has 1 saturated heterocycles. The molecule has 1 atom stereocenters. The molecule has 0 spiro atoms. The first-order chi connectivity index (χ1) is 8.33. The van der Waals surface area contributed by atoms with Crippen LogP contribution in [0.5, 0.6) is 0 Å². The Morgan fingerprint density at radius 3 is 2.82 bits per heavy atom. The van der Waals surface area contributed by atoms with E-state index < -0.39 is 0 Å². The normalized spacial score (nSPS) is 19.8. The first-order valence-electron chi connectivity index (χ1n) is 5.86. The Morgan fingerprint density at radius 2 is 2.12 bits per heavy atom. The molecule has 1 fully saturated rings. The fraction of sp³-hybridized carbons (Fsp3) is 0.308. The third kappa shape index (κ3) is 2.13. The van der Waals surface area contributed by atoms with Gasteiger partial charge in [0.2, 0.25) is 5.51 Å². The Hall–Kier alpha value is -1.55. The number of hydrogen-bond acceptors (Lipinski definition) is 3. The van der Waals surface area contributed by atoms with Gasteiger partial charge in [-0.3, -0.25) is 0 Å². The van der Waals surface area contributed by atoms with Crippen molar-refractivity contribution in [3.05, 3.63) is 41.4 Å². The van der Waals surface area contributed by atoms with Crippen LogP contribution in [0.1, 0.15) is 12.5 Å². The van der Waals surface area contributed by atoms with Crippen molar-refractivity contribution in [3.63, 3.8) is 0 Å². The molecule has 1 aromatic heterocycles. The maximum absolute atomic E-state index is 5.71. The van der Waals surface area contributed by atoms with Gasteiger partial charge in [0.15, 0.2) is 12.2 Å². The summed E-state index contributed by atoms with van der Waals surface area (Å²) in [5.41, 5.74) is 10.0. The monoisotopic (exact) mass is 246 g/mol. The molecule has 0 aliphatic carbocycles. The summed E-state index contributed by atoms with van der Waals surface area (Å²) in [6, 6.07) is 8.77. The van der Waals surface area contributed by atoms with E-state index in [4.69, 9.17) is 5.73 Å². The van der Waals surface area contributed by atoms with Crippen LogP contribution in [0.2, 0.25) is 0 Å². The quantitative estimate of drug-likeness (QED) is 0.650. The molecule has 17 heavy (non-hydrogen) atoms. The van der Waals surface area contributed by atoms with Crippen LogP contribution in [0.25, 0.3) is 0 Å². The van der Waals surface area contributed by atoms with Crippen LogP contribution >= 0.6 is 11.3 Å². The van der Waals surface area contributed by atoms with E-state index in [0.29, 0.717) is 6.04 Å². The Morgan fingerprint density at radius 1 is 1.29 bits per heavy atom. The van der Waals surface area contributed by atoms with Crippen molar-refractivity contribution in [2.24, 2.45) is 0 Å². The topological polar surface area (TPSA) is 33.1 Å². The van der Waals surface area contributed by atoms with E-state index in [2.05, 4.69) is 38.7 Å². The molecule has 2 heterocycles. The molecule has 1 aromatic carbocycles. The zero-order valence-corrected chi connectivity index (χ0v) is 10.4. The fourth-order valence-corrected chi connectivity index (χ4v) is 3.02. The van der Waals surface area contributed by atoms with E-state index in [9.17, 15) is 0 Å². The summed E-state index contributed by atoms with van der Waals surface area (Å²) in [5.74, 6) is 0. The number of thiazole rings is 1. The van der Waals surface area contributed by atoms with Gasteiger partial charge in [0.05, 0.1) is 11.9 Å². The van der Waals surface area contributed by atoms with Crippen LogP contribution < -0.4 is 15.2 Å². The minimum absolute atomic E-state index is 0.610. The van der Waals surface area contributed by atoms with E-state index in [1.807, 2.05) is 12.1 Å². The Labute approximate surface area is 105 Å². The second-order valence-electron chi connectivity index (χ2n) is 4.45. The first-order valence-corrected chi connectivity index (χ1v) is 6.80. The zero-order valence-electron chi connectivity index (χ0n) is 9.62. The summed E-state index contributed by atoms with van der Waals surface area (Å²) in [7, 11) is 0. The van der Waals surface area contributed by atoms with E-state index in [-0.39, 0.29) is 0 Å². The molecular weight excluding hydrogens is 230 g/mol. The maximum Gasteiger partial charge on any atom is 0.224 e.